The van der Waals surface area contributed by atoms with E-state index in [1.807, 2.05) is 0 Å². The van der Waals surface area contributed by atoms with Crippen LogP contribution in [0.2, 0.25) is 0 Å². The van der Waals surface area contributed by atoms with Crippen molar-refractivity contribution in [2.45, 2.75) is 51.0 Å². The Hall–Kier alpha value is -1.05. The largest absolute Gasteiger partial charge is 0.358 e. The maximum Gasteiger partial charge on any atom is 0.0617 e. The molecule has 1 N–H and O–H groups in total. The minimum absolute atomic E-state index is 0.313. The molecule has 0 atom stereocenters. The molecular formula is C16H22N2. The van der Waals surface area contributed by atoms with E-state index in [9.17, 15) is 0 Å². The van der Waals surface area contributed by atoms with Crippen LogP contribution in [0.3, 0.4) is 0 Å². The van der Waals surface area contributed by atoms with Gasteiger partial charge in [0.25, 0.3) is 0 Å². The molecule has 18 heavy (non-hydrogen) atoms. The molecule has 4 aliphatic carbocycles. The van der Waals surface area contributed by atoms with Crippen LogP contribution in [0.5, 0.6) is 0 Å². The van der Waals surface area contributed by atoms with Gasteiger partial charge in [-0.3, -0.25) is 4.99 Å². The lowest BCUT2D eigenvalue weighted by atomic mass is 9.53. The highest BCUT2D eigenvalue weighted by Gasteiger charge is 2.50. The number of aliphatic imine (C=N–C) groups is 1. The number of nitrogens with zero attached hydrogens (tertiary/aromatic N) is 1. The van der Waals surface area contributed by atoms with Crippen LogP contribution in [0.4, 0.5) is 0 Å². The van der Waals surface area contributed by atoms with Gasteiger partial charge in [-0.1, -0.05) is 0 Å². The lowest BCUT2D eigenvalue weighted by molar-refractivity contribution is 0.00194. The van der Waals surface area contributed by atoms with Gasteiger partial charge in [-0.2, -0.15) is 0 Å². The minimum atomic E-state index is 0.313. The smallest absolute Gasteiger partial charge is 0.0617 e. The Morgan fingerprint density at radius 1 is 1.11 bits per heavy atom. The van der Waals surface area contributed by atoms with Crippen LogP contribution in [0.25, 0.3) is 0 Å². The van der Waals surface area contributed by atoms with Gasteiger partial charge in [-0.15, -0.1) is 0 Å². The van der Waals surface area contributed by atoms with Crippen molar-refractivity contribution in [3.8, 4) is 0 Å². The highest BCUT2D eigenvalue weighted by Crippen LogP contribution is 2.57. The molecule has 0 spiro atoms. The maximum absolute atomic E-state index is 5.04. The Kier molecular flexibility index (Phi) is 2.24. The van der Waals surface area contributed by atoms with Gasteiger partial charge in [0, 0.05) is 11.9 Å². The molecule has 4 saturated carbocycles. The van der Waals surface area contributed by atoms with Crippen LogP contribution in [-0.4, -0.2) is 16.7 Å². The molecule has 1 aromatic rings. The monoisotopic (exact) mass is 242 g/mol. The molecule has 2 heteroatoms. The second-order valence-electron chi connectivity index (χ2n) is 7.00. The van der Waals surface area contributed by atoms with Gasteiger partial charge in [0.15, 0.2) is 0 Å². The quantitative estimate of drug-likeness (QED) is 0.766. The van der Waals surface area contributed by atoms with Gasteiger partial charge in [-0.25, -0.2) is 0 Å². The number of hydrogen-bond acceptors (Lipinski definition) is 1. The van der Waals surface area contributed by atoms with E-state index in [1.54, 1.807) is 0 Å². The summed E-state index contributed by atoms with van der Waals surface area (Å²) in [5.74, 6) is 2.95. The molecule has 4 aliphatic rings. The number of hydrogen-bond donors (Lipinski definition) is 1. The molecule has 0 amide bonds. The number of rotatable bonds is 2. The summed E-state index contributed by atoms with van der Waals surface area (Å²) in [7, 11) is 0. The van der Waals surface area contributed by atoms with E-state index in [-0.39, 0.29) is 0 Å². The molecule has 0 radical (unpaired) electrons. The van der Waals surface area contributed by atoms with Gasteiger partial charge in [0.1, 0.15) is 0 Å². The predicted octanol–water partition coefficient (Wildman–Crippen LogP) is 3.71. The van der Waals surface area contributed by atoms with E-state index >= 15 is 0 Å². The first-order valence-corrected chi connectivity index (χ1v) is 7.42. The number of aryl methyl sites for hydroxylation is 1. The Labute approximate surface area is 109 Å². The number of aromatic nitrogens is 1. The van der Waals surface area contributed by atoms with Crippen LogP contribution in [0.15, 0.2) is 17.1 Å². The number of aromatic amines is 1. The zero-order valence-electron chi connectivity index (χ0n) is 11.2. The molecule has 4 fully saturated rings. The van der Waals surface area contributed by atoms with Gasteiger partial charge in [0.05, 0.1) is 11.2 Å². The minimum Gasteiger partial charge on any atom is -0.358 e. The third kappa shape index (κ3) is 1.73. The molecule has 0 unspecified atom stereocenters. The SMILES string of the molecule is Cc1ccc(C=NC23CC4CC(CC(C4)C2)C3)[nH]1. The topological polar surface area (TPSA) is 28.1 Å². The first-order chi connectivity index (χ1) is 8.71. The molecule has 2 nitrogen and oxygen atoms in total. The normalized spacial score (nSPS) is 41.9. The fraction of sp³-hybridized carbons (Fsp3) is 0.688. The average Bonchev–Trinajstić information content (AvgIpc) is 2.71. The highest BCUT2D eigenvalue weighted by molar-refractivity contribution is 5.77. The predicted molar refractivity (Wildman–Crippen MR) is 74.0 cm³/mol. The zero-order valence-corrected chi connectivity index (χ0v) is 11.2. The van der Waals surface area contributed by atoms with Gasteiger partial charge < -0.3 is 4.98 Å². The molecule has 0 aromatic carbocycles. The van der Waals surface area contributed by atoms with Crippen LogP contribution in [0.1, 0.15) is 49.9 Å². The lowest BCUT2D eigenvalue weighted by Crippen LogP contribution is -2.49. The van der Waals surface area contributed by atoms with E-state index in [2.05, 4.69) is 30.3 Å². The molecule has 0 saturated heterocycles. The molecule has 1 aromatic heterocycles. The summed E-state index contributed by atoms with van der Waals surface area (Å²) in [6.07, 6.45) is 10.7. The second kappa shape index (κ2) is 3.72. The number of H-pyrrole nitrogens is 1. The summed E-state index contributed by atoms with van der Waals surface area (Å²) in [5.41, 5.74) is 2.71. The summed E-state index contributed by atoms with van der Waals surface area (Å²) in [4.78, 5) is 8.40. The van der Waals surface area contributed by atoms with Crippen molar-refractivity contribution >= 4 is 6.21 Å². The highest BCUT2D eigenvalue weighted by atomic mass is 14.9. The zero-order chi connectivity index (χ0) is 12.2. The maximum atomic E-state index is 5.04. The molecular weight excluding hydrogens is 220 g/mol. The fourth-order valence-electron chi connectivity index (χ4n) is 5.03. The summed E-state index contributed by atoms with van der Waals surface area (Å²) in [6, 6.07) is 4.26. The van der Waals surface area contributed by atoms with Crippen molar-refractivity contribution in [2.75, 3.05) is 0 Å². The Balaban J connectivity index is 1.59. The summed E-state index contributed by atoms with van der Waals surface area (Å²) in [6.45, 7) is 2.10. The van der Waals surface area contributed by atoms with Gasteiger partial charge >= 0.3 is 0 Å². The Morgan fingerprint density at radius 3 is 2.22 bits per heavy atom. The lowest BCUT2D eigenvalue weighted by Gasteiger charge is -2.54. The third-order valence-electron chi connectivity index (χ3n) is 5.34. The van der Waals surface area contributed by atoms with Crippen molar-refractivity contribution in [3.05, 3.63) is 23.5 Å². The number of nitrogens with one attached hydrogen (secondary N) is 1. The fourth-order valence-corrected chi connectivity index (χ4v) is 5.03. The van der Waals surface area contributed by atoms with Crippen LogP contribution < -0.4 is 0 Å². The van der Waals surface area contributed by atoms with Crippen molar-refractivity contribution in [2.24, 2.45) is 22.7 Å². The van der Waals surface area contributed by atoms with Crippen LogP contribution >= 0.6 is 0 Å². The van der Waals surface area contributed by atoms with Crippen molar-refractivity contribution < 1.29 is 0 Å². The van der Waals surface area contributed by atoms with Gasteiger partial charge in [-0.05, 0) is 75.3 Å². The molecule has 5 rings (SSSR count). The van der Waals surface area contributed by atoms with E-state index in [1.165, 1.54) is 49.9 Å². The Bertz CT molecular complexity index is 448. The average molecular weight is 242 g/mol. The van der Waals surface area contributed by atoms with Crippen LogP contribution in [-0.2, 0) is 0 Å². The first kappa shape index (κ1) is 10.8. The summed E-state index contributed by atoms with van der Waals surface area (Å²) >= 11 is 0. The first-order valence-electron chi connectivity index (χ1n) is 7.42. The van der Waals surface area contributed by atoms with Crippen LogP contribution in [0, 0.1) is 24.7 Å². The van der Waals surface area contributed by atoms with Crippen molar-refractivity contribution in [3.63, 3.8) is 0 Å². The van der Waals surface area contributed by atoms with E-state index in [4.69, 9.17) is 4.99 Å². The molecule has 96 valence electrons. The molecule has 0 aliphatic heterocycles. The van der Waals surface area contributed by atoms with Gasteiger partial charge in [0.2, 0.25) is 0 Å². The third-order valence-corrected chi connectivity index (χ3v) is 5.34. The summed E-state index contributed by atoms with van der Waals surface area (Å²) < 4.78 is 0. The van der Waals surface area contributed by atoms with E-state index in [0.29, 0.717) is 5.54 Å². The van der Waals surface area contributed by atoms with Crippen molar-refractivity contribution in [1.82, 2.24) is 4.98 Å². The van der Waals surface area contributed by atoms with E-state index in [0.717, 1.165) is 17.8 Å². The molecule has 4 bridgehead atoms. The Morgan fingerprint density at radius 2 is 1.72 bits per heavy atom. The van der Waals surface area contributed by atoms with E-state index < -0.39 is 0 Å². The standard InChI is InChI=1S/C16H22N2/c1-11-2-3-15(18-11)10-17-16-7-12-4-13(8-16)6-14(5-12)9-16/h2-3,10,12-14,18H,4-9H2,1H3. The molecule has 1 heterocycles. The van der Waals surface area contributed by atoms with Crippen molar-refractivity contribution in [1.29, 1.82) is 0 Å². The summed E-state index contributed by atoms with van der Waals surface area (Å²) in [5, 5.41) is 0. The second-order valence-corrected chi connectivity index (χ2v) is 7.00.